The lowest BCUT2D eigenvalue weighted by Gasteiger charge is -2.23. The van der Waals surface area contributed by atoms with Crippen molar-refractivity contribution in [3.05, 3.63) is 133 Å². The Bertz CT molecular complexity index is 2990. The van der Waals surface area contributed by atoms with Crippen molar-refractivity contribution in [2.24, 2.45) is 10.9 Å². The Balaban J connectivity index is -0.000000919. The molecule has 81 heavy (non-hydrogen) atoms. The number of hydrogen-bond acceptors (Lipinski definition) is 16. The van der Waals surface area contributed by atoms with Gasteiger partial charge in [0.2, 0.25) is 0 Å². The zero-order valence-electron chi connectivity index (χ0n) is 48.9. The standard InChI is InChI=1S/C13H22N2O3S2.C12H19BrN2OS.C9H14N2O2S.C8H8BrNO.C6H4BrNO.C4H11NOS.CH4O.ClH/c1-6-11(15-19(16)13(2,3)4)10-7-8-14-12(9-10)20(5,17)18;1-5-10(15-17(16)12(2,3)4)9-6-7-14-11(13)8-9;1-3-8(10)7-4-5-11-9(6-7)14(2,12)13;1-2-7(11)6-3-4-10-8(9)5-6;7-6-3-5(4-9)1-2-8-6;1-4(2,3)7(5)6;1-2;/h7-9,11,15H,6H2,1-5H3;6-8,10,15H,5H2,1-4H3;4-6,8H,3,10H2,1-2H3;3-5H,2H2,1H3;1-4H;5H2,1-3H3;2H,1H3;1H/t11-,19+;10-,17+;8-;;;7-;;/m000..1../s1. The third kappa shape index (κ3) is 35.1. The van der Waals surface area contributed by atoms with E-state index >= 15 is 0 Å². The molecule has 0 fully saturated rings. The first-order chi connectivity index (χ1) is 36.8. The van der Waals surface area contributed by atoms with Crippen LogP contribution >= 0.6 is 60.2 Å². The first-order valence-electron chi connectivity index (χ1n) is 24.7. The molecule has 0 saturated carbocycles. The number of nitrogens with one attached hydrogen (secondary N) is 2. The van der Waals surface area contributed by atoms with Crippen LogP contribution in [0.15, 0.2) is 116 Å². The molecular weight excluding hydrogens is 1360 g/mol. The molecule has 0 aromatic carbocycles. The van der Waals surface area contributed by atoms with E-state index in [4.69, 9.17) is 16.0 Å². The molecule has 6 atom stereocenters. The predicted octanol–water partition coefficient (Wildman–Crippen LogP) is 10.8. The summed E-state index contributed by atoms with van der Waals surface area (Å²) in [7, 11) is -9.03. The van der Waals surface area contributed by atoms with E-state index in [9.17, 15) is 39.1 Å². The number of carbonyl (C=O) groups excluding carboxylic acids is 2. The minimum Gasteiger partial charge on any atom is -0.400 e. The van der Waals surface area contributed by atoms with Crippen molar-refractivity contribution < 1.29 is 44.2 Å². The Morgan fingerprint density at radius 1 is 0.593 bits per heavy atom. The highest BCUT2D eigenvalue weighted by molar-refractivity contribution is 9.11. The van der Waals surface area contributed by atoms with E-state index < -0.39 is 52.6 Å². The van der Waals surface area contributed by atoms with Gasteiger partial charge >= 0.3 is 0 Å². The van der Waals surface area contributed by atoms with Gasteiger partial charge in [0.25, 0.3) is 0 Å². The van der Waals surface area contributed by atoms with Crippen LogP contribution in [0.2, 0.25) is 0 Å². The normalized spacial score (nSPS) is 13.4. The van der Waals surface area contributed by atoms with E-state index in [2.05, 4.69) is 89.1 Å². The molecule has 0 saturated heterocycles. The lowest BCUT2D eigenvalue weighted by molar-refractivity contribution is 0.0987. The minimum atomic E-state index is -3.34. The number of Topliss-reactive ketones (excluding diaryl/α,β-unsaturated/α-hetero) is 1. The van der Waals surface area contributed by atoms with E-state index in [0.29, 0.717) is 27.6 Å². The number of halogens is 4. The van der Waals surface area contributed by atoms with Crippen LogP contribution < -0.4 is 20.3 Å². The lowest BCUT2D eigenvalue weighted by atomic mass is 10.1. The molecule has 19 nitrogen and oxygen atoms in total. The van der Waals surface area contributed by atoms with Gasteiger partial charge in [0, 0.05) is 86.3 Å². The molecule has 0 amide bonds. The maximum absolute atomic E-state index is 12.2. The molecule has 0 aliphatic carbocycles. The van der Waals surface area contributed by atoms with Crippen molar-refractivity contribution in [2.75, 3.05) is 19.6 Å². The summed E-state index contributed by atoms with van der Waals surface area (Å²) >= 11 is 9.68. The molecule has 458 valence electrons. The number of nitrogens with zero attached hydrogens (tertiary/aromatic N) is 5. The van der Waals surface area contributed by atoms with Gasteiger partial charge in [0.1, 0.15) is 20.1 Å². The predicted molar refractivity (Wildman–Crippen MR) is 343 cm³/mol. The van der Waals surface area contributed by atoms with Crippen LogP contribution in [0.25, 0.3) is 0 Å². The van der Waals surface area contributed by atoms with Gasteiger partial charge in [-0.2, -0.15) is 0 Å². The van der Waals surface area contributed by atoms with Gasteiger partial charge in [-0.1, -0.05) is 27.7 Å². The van der Waals surface area contributed by atoms with Crippen molar-refractivity contribution in [3.63, 3.8) is 0 Å². The number of aldehydes is 1. The summed E-state index contributed by atoms with van der Waals surface area (Å²) in [6.07, 6.45) is 13.8. The Morgan fingerprint density at radius 3 is 1.25 bits per heavy atom. The molecule has 0 radical (unpaired) electrons. The van der Waals surface area contributed by atoms with Crippen molar-refractivity contribution in [2.45, 2.75) is 158 Å². The lowest BCUT2D eigenvalue weighted by Crippen LogP contribution is -2.35. The number of aliphatic hydroxyl groups excluding tert-OH is 1. The second kappa shape index (κ2) is 40.3. The summed E-state index contributed by atoms with van der Waals surface area (Å²) in [5.74, 6) is 0.146. The third-order valence-electron chi connectivity index (χ3n) is 9.99. The van der Waals surface area contributed by atoms with Crippen LogP contribution in [0, 0.1) is 0 Å². The number of rotatable bonds is 15. The summed E-state index contributed by atoms with van der Waals surface area (Å²) in [6.45, 7) is 24.9. The van der Waals surface area contributed by atoms with E-state index in [1.54, 1.807) is 55.0 Å². The Kier molecular flexibility index (Phi) is 40.9. The fraction of sp³-hybridized carbons (Fsp3) is 0.491. The Labute approximate surface area is 520 Å². The Morgan fingerprint density at radius 2 is 0.938 bits per heavy atom. The molecule has 0 unspecified atom stereocenters. The average Bonchev–Trinajstić information content (AvgIpc) is 3.39. The molecule has 5 aromatic heterocycles. The quantitative estimate of drug-likeness (QED) is 0.0369. The van der Waals surface area contributed by atoms with Gasteiger partial charge in [0.05, 0.1) is 47.2 Å². The highest BCUT2D eigenvalue weighted by Gasteiger charge is 2.25. The molecule has 5 aromatic rings. The largest absolute Gasteiger partial charge is 0.400 e. The molecule has 5 rings (SSSR count). The number of pyridine rings is 5. The van der Waals surface area contributed by atoms with Crippen LogP contribution in [0.1, 0.15) is 171 Å². The number of aromatic nitrogens is 5. The van der Waals surface area contributed by atoms with Crippen LogP contribution in [-0.4, -0.2) is 105 Å². The third-order valence-corrected chi connectivity index (χ3v) is 17.7. The summed E-state index contributed by atoms with van der Waals surface area (Å²) < 4.78 is 87.6. The van der Waals surface area contributed by atoms with Crippen molar-refractivity contribution >= 4 is 125 Å². The zero-order chi connectivity index (χ0) is 62.4. The second-order valence-electron chi connectivity index (χ2n) is 19.8. The number of sulfone groups is 2. The molecular formula is C53H83Br3ClN9O10S5. The SMILES string of the molecule is CC(C)(C)[S@](N)=O.CCC(=O)c1ccnc(Br)c1.CC[C@H](N)c1ccnc(S(C)(=O)=O)c1.CC[C@H](N[S@](=O)C(C)(C)C)c1ccnc(Br)c1.CC[C@H](N[S@](=O)C(C)(C)C)c1ccnc(S(C)(=O)=O)c1.CO.Cl.O=Cc1ccnc(Br)c1. The molecule has 0 spiro atoms. The summed E-state index contributed by atoms with van der Waals surface area (Å²) in [4.78, 5) is 40.7. The Hall–Kier alpha value is -3.03. The summed E-state index contributed by atoms with van der Waals surface area (Å²) in [5, 5.41) is 12.2. The number of nitrogens with two attached hydrogens (primary N) is 2. The maximum atomic E-state index is 12.2. The summed E-state index contributed by atoms with van der Waals surface area (Å²) in [6, 6.07) is 17.0. The average molecular weight is 1440 g/mol. The topological polar surface area (TPSA) is 314 Å². The highest BCUT2D eigenvalue weighted by atomic mass is 79.9. The zero-order valence-corrected chi connectivity index (χ0v) is 58.6. The fourth-order valence-corrected chi connectivity index (χ4v) is 9.39. The van der Waals surface area contributed by atoms with Crippen molar-refractivity contribution in [1.29, 1.82) is 0 Å². The number of ketones is 1. The van der Waals surface area contributed by atoms with Crippen LogP contribution in [0.4, 0.5) is 0 Å². The van der Waals surface area contributed by atoms with E-state index in [-0.39, 0.29) is 60.6 Å². The fourth-order valence-electron chi connectivity index (χ4n) is 5.23. The van der Waals surface area contributed by atoms with Crippen LogP contribution in [-0.2, 0) is 52.6 Å². The second-order valence-corrected chi connectivity index (χ2v) is 32.0. The van der Waals surface area contributed by atoms with Gasteiger partial charge < -0.3 is 10.8 Å². The van der Waals surface area contributed by atoms with Crippen molar-refractivity contribution in [1.82, 2.24) is 34.4 Å². The minimum absolute atomic E-state index is 0. The van der Waals surface area contributed by atoms with Gasteiger partial charge in [-0.15, -0.1) is 12.4 Å². The van der Waals surface area contributed by atoms with E-state index in [1.807, 2.05) is 95.2 Å². The molecule has 0 aliphatic rings. The van der Waals surface area contributed by atoms with Gasteiger partial charge in [0.15, 0.2) is 35.5 Å². The van der Waals surface area contributed by atoms with Crippen molar-refractivity contribution in [3.8, 4) is 0 Å². The van der Waals surface area contributed by atoms with Gasteiger partial charge in [-0.3, -0.25) is 14.7 Å². The van der Waals surface area contributed by atoms with Crippen LogP contribution in [0.5, 0.6) is 0 Å². The molecule has 5 heterocycles. The number of aliphatic hydroxyl groups is 1. The first-order valence-corrected chi connectivity index (χ1v) is 34.4. The molecule has 0 bridgehead atoms. The highest BCUT2D eigenvalue weighted by Crippen LogP contribution is 2.24. The monoisotopic (exact) mass is 1440 g/mol. The molecule has 7 N–H and O–H groups in total. The van der Waals surface area contributed by atoms with Gasteiger partial charge in [-0.05, 0) is 207 Å². The number of hydrogen-bond donors (Lipinski definition) is 5. The van der Waals surface area contributed by atoms with E-state index in [1.165, 1.54) is 24.5 Å². The summed E-state index contributed by atoms with van der Waals surface area (Å²) in [5.41, 5.74) is 9.83. The number of carbonyl (C=O) groups is 2. The first kappa shape index (κ1) is 82.2. The molecule has 28 heteroatoms. The maximum Gasteiger partial charge on any atom is 0.192 e. The van der Waals surface area contributed by atoms with Gasteiger partial charge in [-0.25, -0.2) is 63.8 Å². The van der Waals surface area contributed by atoms with E-state index in [0.717, 1.165) is 65.6 Å². The van der Waals surface area contributed by atoms with Crippen LogP contribution in [0.3, 0.4) is 0 Å². The smallest absolute Gasteiger partial charge is 0.192 e. The molecule has 0 aliphatic heterocycles.